The quantitative estimate of drug-likeness (QED) is 0.792. The molecular weight excluding hydrogens is 238 g/mol. The van der Waals surface area contributed by atoms with Crippen molar-refractivity contribution in [1.82, 2.24) is 4.98 Å². The summed E-state index contributed by atoms with van der Waals surface area (Å²) in [5.74, 6) is 0.0690. The Morgan fingerprint density at radius 3 is 2.65 bits per heavy atom. The summed E-state index contributed by atoms with van der Waals surface area (Å²) in [4.78, 5) is 16.3. The minimum absolute atomic E-state index is 0.135. The zero-order valence-electron chi connectivity index (χ0n) is 9.58. The maximum atomic E-state index is 12.4. The van der Waals surface area contributed by atoms with Gasteiger partial charge in [0.25, 0.3) is 0 Å². The van der Waals surface area contributed by atoms with Gasteiger partial charge in [-0.25, -0.2) is 4.98 Å². The summed E-state index contributed by atoms with van der Waals surface area (Å²) >= 11 is 5.83. The fourth-order valence-electron chi connectivity index (χ4n) is 2.31. The molecule has 0 spiro atoms. The number of hydrogen-bond acceptors (Lipinski definition) is 4. The number of rotatable bonds is 2. The van der Waals surface area contributed by atoms with E-state index in [-0.39, 0.29) is 11.6 Å². The van der Waals surface area contributed by atoms with Gasteiger partial charge in [0, 0.05) is 6.20 Å². The van der Waals surface area contributed by atoms with Crippen LogP contribution in [0.3, 0.4) is 0 Å². The minimum Gasteiger partial charge on any atom is -0.383 e. The summed E-state index contributed by atoms with van der Waals surface area (Å²) in [5, 5.41) is 0.405. The maximum Gasteiger partial charge on any atom is 0.186 e. The third kappa shape index (κ3) is 2.42. The van der Waals surface area contributed by atoms with Gasteiger partial charge in [0.1, 0.15) is 5.82 Å². The zero-order chi connectivity index (χ0) is 12.5. The van der Waals surface area contributed by atoms with Crippen LogP contribution in [0.15, 0.2) is 12.3 Å². The molecule has 1 saturated carbocycles. The van der Waals surface area contributed by atoms with Crippen LogP contribution in [0.5, 0.6) is 0 Å². The first-order chi connectivity index (χ1) is 8.03. The van der Waals surface area contributed by atoms with Gasteiger partial charge in [0.2, 0.25) is 0 Å². The van der Waals surface area contributed by atoms with Gasteiger partial charge < -0.3 is 11.5 Å². The van der Waals surface area contributed by atoms with E-state index in [0.717, 1.165) is 19.3 Å². The van der Waals surface area contributed by atoms with Crippen molar-refractivity contribution in [2.24, 2.45) is 5.73 Å². The maximum absolute atomic E-state index is 12.4. The Kier molecular flexibility index (Phi) is 3.35. The number of halogens is 1. The monoisotopic (exact) mass is 253 g/mol. The lowest BCUT2D eigenvalue weighted by Gasteiger charge is -2.32. The molecule has 0 radical (unpaired) electrons. The SMILES string of the molecule is Nc1ncc(Cl)cc1C(=O)C1(N)CCCCC1. The van der Waals surface area contributed by atoms with Gasteiger partial charge in [-0.2, -0.15) is 0 Å². The van der Waals surface area contributed by atoms with Crippen LogP contribution in [-0.2, 0) is 0 Å². The molecule has 1 aliphatic rings. The molecule has 0 saturated heterocycles. The van der Waals surface area contributed by atoms with Crippen molar-refractivity contribution in [1.29, 1.82) is 0 Å². The normalized spacial score (nSPS) is 18.9. The molecular formula is C12H16ClN3O. The van der Waals surface area contributed by atoms with E-state index in [1.54, 1.807) is 6.07 Å². The van der Waals surface area contributed by atoms with E-state index in [0.29, 0.717) is 23.4 Å². The zero-order valence-corrected chi connectivity index (χ0v) is 10.3. The van der Waals surface area contributed by atoms with E-state index >= 15 is 0 Å². The van der Waals surface area contributed by atoms with Gasteiger partial charge in [0.15, 0.2) is 5.78 Å². The molecule has 1 aromatic heterocycles. The molecule has 0 unspecified atom stereocenters. The average Bonchev–Trinajstić information content (AvgIpc) is 2.32. The van der Waals surface area contributed by atoms with Crippen molar-refractivity contribution in [2.75, 3.05) is 5.73 Å². The number of nitrogen functional groups attached to an aromatic ring is 1. The van der Waals surface area contributed by atoms with Crippen LogP contribution in [0.2, 0.25) is 5.02 Å². The van der Waals surface area contributed by atoms with Gasteiger partial charge in [-0.15, -0.1) is 0 Å². The Balaban J connectivity index is 2.32. The summed E-state index contributed by atoms with van der Waals surface area (Å²) < 4.78 is 0. The van der Waals surface area contributed by atoms with Crippen molar-refractivity contribution in [3.8, 4) is 0 Å². The standard InChI is InChI=1S/C12H16ClN3O/c13-8-6-9(11(14)16-7-8)10(17)12(15)4-2-1-3-5-12/h6-7H,1-5,15H2,(H2,14,16). The molecule has 1 aliphatic carbocycles. The Bertz CT molecular complexity index is 441. The molecule has 0 atom stereocenters. The molecule has 2 rings (SSSR count). The smallest absolute Gasteiger partial charge is 0.186 e. The molecule has 92 valence electrons. The Morgan fingerprint density at radius 2 is 2.00 bits per heavy atom. The van der Waals surface area contributed by atoms with Crippen molar-refractivity contribution in [3.63, 3.8) is 0 Å². The van der Waals surface area contributed by atoms with Crippen LogP contribution in [-0.4, -0.2) is 16.3 Å². The molecule has 1 aromatic rings. The van der Waals surface area contributed by atoms with Crippen LogP contribution in [0.25, 0.3) is 0 Å². The topological polar surface area (TPSA) is 82.0 Å². The van der Waals surface area contributed by atoms with E-state index in [1.807, 2.05) is 0 Å². The van der Waals surface area contributed by atoms with Crippen molar-refractivity contribution < 1.29 is 4.79 Å². The van der Waals surface area contributed by atoms with E-state index in [4.69, 9.17) is 23.1 Å². The van der Waals surface area contributed by atoms with Gasteiger partial charge in [0.05, 0.1) is 16.1 Å². The number of anilines is 1. The Morgan fingerprint density at radius 1 is 1.35 bits per heavy atom. The van der Waals surface area contributed by atoms with Gasteiger partial charge in [-0.05, 0) is 18.9 Å². The minimum atomic E-state index is -0.793. The predicted molar refractivity (Wildman–Crippen MR) is 68.0 cm³/mol. The third-order valence-electron chi connectivity index (χ3n) is 3.33. The van der Waals surface area contributed by atoms with Gasteiger partial charge >= 0.3 is 0 Å². The highest BCUT2D eigenvalue weighted by atomic mass is 35.5. The number of nitrogens with two attached hydrogens (primary N) is 2. The fourth-order valence-corrected chi connectivity index (χ4v) is 2.47. The Hall–Kier alpha value is -1.13. The summed E-state index contributed by atoms with van der Waals surface area (Å²) in [6, 6.07) is 1.55. The second-order valence-electron chi connectivity index (χ2n) is 4.63. The number of nitrogens with zero attached hydrogens (tertiary/aromatic N) is 1. The van der Waals surface area contributed by atoms with Gasteiger partial charge in [-0.1, -0.05) is 30.9 Å². The van der Waals surface area contributed by atoms with Crippen LogP contribution in [0.4, 0.5) is 5.82 Å². The molecule has 0 bridgehead atoms. The summed E-state index contributed by atoms with van der Waals surface area (Å²) in [6.45, 7) is 0. The molecule has 17 heavy (non-hydrogen) atoms. The molecule has 4 nitrogen and oxygen atoms in total. The van der Waals surface area contributed by atoms with Crippen molar-refractivity contribution in [3.05, 3.63) is 22.8 Å². The predicted octanol–water partition coefficient (Wildman–Crippen LogP) is 2.16. The number of hydrogen-bond donors (Lipinski definition) is 2. The molecule has 5 heteroatoms. The molecule has 4 N–H and O–H groups in total. The first-order valence-corrected chi connectivity index (χ1v) is 6.15. The molecule has 0 amide bonds. The fraction of sp³-hybridized carbons (Fsp3) is 0.500. The molecule has 1 fully saturated rings. The lowest BCUT2D eigenvalue weighted by atomic mass is 9.77. The second-order valence-corrected chi connectivity index (χ2v) is 5.07. The van der Waals surface area contributed by atoms with Gasteiger partial charge in [-0.3, -0.25) is 4.79 Å². The third-order valence-corrected chi connectivity index (χ3v) is 3.53. The molecule has 0 aliphatic heterocycles. The Labute approximate surface area is 105 Å². The number of aromatic nitrogens is 1. The highest BCUT2D eigenvalue weighted by molar-refractivity contribution is 6.31. The number of Topliss-reactive ketones (excluding diaryl/α,β-unsaturated/α-hetero) is 1. The number of pyridine rings is 1. The van der Waals surface area contributed by atoms with Crippen LogP contribution >= 0.6 is 11.6 Å². The van der Waals surface area contributed by atoms with E-state index in [1.165, 1.54) is 6.20 Å². The lowest BCUT2D eigenvalue weighted by Crippen LogP contribution is -2.49. The van der Waals surface area contributed by atoms with Crippen molar-refractivity contribution >= 4 is 23.2 Å². The van der Waals surface area contributed by atoms with E-state index in [2.05, 4.69) is 4.98 Å². The first-order valence-electron chi connectivity index (χ1n) is 5.78. The van der Waals surface area contributed by atoms with Crippen LogP contribution in [0, 0.1) is 0 Å². The largest absolute Gasteiger partial charge is 0.383 e. The number of ketones is 1. The summed E-state index contributed by atoms with van der Waals surface area (Å²) in [7, 11) is 0. The number of carbonyl (C=O) groups excluding carboxylic acids is 1. The van der Waals surface area contributed by atoms with Crippen LogP contribution in [0.1, 0.15) is 42.5 Å². The summed E-state index contributed by atoms with van der Waals surface area (Å²) in [6.07, 6.45) is 5.94. The van der Waals surface area contributed by atoms with E-state index < -0.39 is 5.54 Å². The summed E-state index contributed by atoms with van der Waals surface area (Å²) in [5.41, 5.74) is 11.4. The average molecular weight is 254 g/mol. The first kappa shape index (κ1) is 12.3. The highest BCUT2D eigenvalue weighted by Gasteiger charge is 2.36. The van der Waals surface area contributed by atoms with Crippen LogP contribution < -0.4 is 11.5 Å². The van der Waals surface area contributed by atoms with E-state index in [9.17, 15) is 4.79 Å². The second kappa shape index (κ2) is 4.63. The lowest BCUT2D eigenvalue weighted by molar-refractivity contribution is 0.0848. The highest BCUT2D eigenvalue weighted by Crippen LogP contribution is 2.30. The molecule has 0 aromatic carbocycles. The molecule has 1 heterocycles. The van der Waals surface area contributed by atoms with Crippen molar-refractivity contribution in [2.45, 2.75) is 37.6 Å². The number of carbonyl (C=O) groups is 1.